The number of halogens is 2. The molecule has 3 nitrogen and oxygen atoms in total. The van der Waals surface area contributed by atoms with Gasteiger partial charge in [0.2, 0.25) is 0 Å². The molecule has 0 radical (unpaired) electrons. The molecule has 2 rings (SSSR count). The Kier molecular flexibility index (Phi) is 4.46. The third-order valence-electron chi connectivity index (χ3n) is 2.68. The SMILES string of the molecule is O=S(=O)(OCCc1c(F)cccc1F)c1ccccc1. The first-order valence-corrected chi connectivity index (χ1v) is 7.29. The fraction of sp³-hybridized carbons (Fsp3) is 0.143. The van der Waals surface area contributed by atoms with E-state index in [1.54, 1.807) is 18.2 Å². The minimum atomic E-state index is -3.90. The maximum absolute atomic E-state index is 13.3. The molecule has 0 heterocycles. The van der Waals surface area contributed by atoms with Gasteiger partial charge in [0, 0.05) is 12.0 Å². The Balaban J connectivity index is 2.03. The maximum Gasteiger partial charge on any atom is 0.296 e. The van der Waals surface area contributed by atoms with E-state index in [0.29, 0.717) is 0 Å². The van der Waals surface area contributed by atoms with Crippen molar-refractivity contribution in [1.82, 2.24) is 0 Å². The molecule has 0 aliphatic heterocycles. The monoisotopic (exact) mass is 298 g/mol. The zero-order chi connectivity index (χ0) is 14.6. The average Bonchev–Trinajstić information content (AvgIpc) is 2.43. The lowest BCUT2D eigenvalue weighted by Crippen LogP contribution is -2.10. The van der Waals surface area contributed by atoms with Crippen molar-refractivity contribution in [3.05, 3.63) is 65.7 Å². The highest BCUT2D eigenvalue weighted by molar-refractivity contribution is 7.86. The minimum Gasteiger partial charge on any atom is -0.266 e. The van der Waals surface area contributed by atoms with Crippen molar-refractivity contribution in [1.29, 1.82) is 0 Å². The molecule has 0 unspecified atom stereocenters. The summed E-state index contributed by atoms with van der Waals surface area (Å²) in [7, 11) is -3.90. The highest BCUT2D eigenvalue weighted by Gasteiger charge is 2.15. The molecule has 106 valence electrons. The molecule has 0 aliphatic carbocycles. The third-order valence-corrected chi connectivity index (χ3v) is 4.01. The van der Waals surface area contributed by atoms with Crippen LogP contribution in [0.4, 0.5) is 8.78 Å². The van der Waals surface area contributed by atoms with Crippen molar-refractivity contribution in [3.63, 3.8) is 0 Å². The standard InChI is InChI=1S/C14H12F2O3S/c15-13-7-4-8-14(16)12(13)9-10-19-20(17,18)11-5-2-1-3-6-11/h1-8H,9-10H2. The van der Waals surface area contributed by atoms with Crippen LogP contribution in [0.2, 0.25) is 0 Å². The van der Waals surface area contributed by atoms with E-state index < -0.39 is 21.8 Å². The quantitative estimate of drug-likeness (QED) is 0.797. The van der Waals surface area contributed by atoms with Gasteiger partial charge >= 0.3 is 0 Å². The second-order valence-electron chi connectivity index (χ2n) is 4.04. The first-order chi connectivity index (χ1) is 9.50. The zero-order valence-corrected chi connectivity index (χ0v) is 11.2. The predicted octanol–water partition coefficient (Wildman–Crippen LogP) is 2.91. The molecular weight excluding hydrogens is 286 g/mol. The highest BCUT2D eigenvalue weighted by atomic mass is 32.2. The molecule has 2 aromatic carbocycles. The summed E-state index contributed by atoms with van der Waals surface area (Å²) in [5.41, 5.74) is -0.184. The van der Waals surface area contributed by atoms with Gasteiger partial charge in [-0.05, 0) is 24.3 Å². The summed E-state index contributed by atoms with van der Waals surface area (Å²) in [5.74, 6) is -1.43. The number of hydrogen-bond acceptors (Lipinski definition) is 3. The summed E-state index contributed by atoms with van der Waals surface area (Å²) in [6.45, 7) is -0.324. The predicted molar refractivity (Wildman–Crippen MR) is 69.6 cm³/mol. The van der Waals surface area contributed by atoms with Crippen molar-refractivity contribution in [2.24, 2.45) is 0 Å². The van der Waals surface area contributed by atoms with E-state index in [-0.39, 0.29) is 23.5 Å². The Hall–Kier alpha value is -1.79. The summed E-state index contributed by atoms with van der Waals surface area (Å²) in [5, 5.41) is 0. The molecular formula is C14H12F2O3S. The van der Waals surface area contributed by atoms with Gasteiger partial charge in [-0.1, -0.05) is 24.3 Å². The fourth-order valence-electron chi connectivity index (χ4n) is 1.68. The minimum absolute atomic E-state index is 0.00834. The average molecular weight is 298 g/mol. The van der Waals surface area contributed by atoms with Crippen LogP contribution in [0.5, 0.6) is 0 Å². The first-order valence-electron chi connectivity index (χ1n) is 5.88. The Morgan fingerprint density at radius 2 is 1.50 bits per heavy atom. The van der Waals surface area contributed by atoms with Crippen LogP contribution in [-0.2, 0) is 20.7 Å². The van der Waals surface area contributed by atoms with Gasteiger partial charge in [0.15, 0.2) is 0 Å². The second kappa shape index (κ2) is 6.11. The summed E-state index contributed by atoms with van der Waals surface area (Å²) >= 11 is 0. The molecule has 0 spiro atoms. The van der Waals surface area contributed by atoms with Gasteiger partial charge in [-0.25, -0.2) is 8.78 Å². The molecule has 0 amide bonds. The maximum atomic E-state index is 13.3. The van der Waals surface area contributed by atoms with Crippen molar-refractivity contribution in [2.45, 2.75) is 11.3 Å². The molecule has 20 heavy (non-hydrogen) atoms. The van der Waals surface area contributed by atoms with E-state index in [9.17, 15) is 17.2 Å². The topological polar surface area (TPSA) is 43.4 Å². The molecule has 0 fully saturated rings. The van der Waals surface area contributed by atoms with Gasteiger partial charge in [0.25, 0.3) is 10.1 Å². The summed E-state index contributed by atoms with van der Waals surface area (Å²) < 4.78 is 55.0. The molecule has 0 bridgehead atoms. The van der Waals surface area contributed by atoms with E-state index >= 15 is 0 Å². The second-order valence-corrected chi connectivity index (χ2v) is 5.65. The Morgan fingerprint density at radius 3 is 2.10 bits per heavy atom. The fourth-order valence-corrected chi connectivity index (χ4v) is 2.61. The van der Waals surface area contributed by atoms with Crippen LogP contribution in [0.25, 0.3) is 0 Å². The van der Waals surface area contributed by atoms with Gasteiger partial charge < -0.3 is 0 Å². The lowest BCUT2D eigenvalue weighted by Gasteiger charge is -2.07. The van der Waals surface area contributed by atoms with E-state index in [4.69, 9.17) is 4.18 Å². The highest BCUT2D eigenvalue weighted by Crippen LogP contribution is 2.15. The van der Waals surface area contributed by atoms with Crippen molar-refractivity contribution in [2.75, 3.05) is 6.61 Å². The van der Waals surface area contributed by atoms with Crippen LogP contribution in [0.1, 0.15) is 5.56 Å². The van der Waals surface area contributed by atoms with Gasteiger partial charge in [-0.15, -0.1) is 0 Å². The van der Waals surface area contributed by atoms with Crippen molar-refractivity contribution < 1.29 is 21.4 Å². The normalized spacial score (nSPS) is 11.5. The summed E-state index contributed by atoms with van der Waals surface area (Å²) in [4.78, 5) is 0.00834. The molecule has 6 heteroatoms. The van der Waals surface area contributed by atoms with Crippen LogP contribution >= 0.6 is 0 Å². The van der Waals surface area contributed by atoms with E-state index in [1.165, 1.54) is 18.2 Å². The summed E-state index contributed by atoms with van der Waals surface area (Å²) in [6.07, 6.45) is -0.162. The first kappa shape index (κ1) is 14.6. The Bertz CT molecular complexity index is 665. The third kappa shape index (κ3) is 3.40. The van der Waals surface area contributed by atoms with E-state index in [2.05, 4.69) is 0 Å². The molecule has 0 aliphatic rings. The van der Waals surface area contributed by atoms with Crippen LogP contribution in [0, 0.1) is 11.6 Å². The van der Waals surface area contributed by atoms with E-state index in [1.807, 2.05) is 0 Å². The molecule has 0 saturated carbocycles. The van der Waals surface area contributed by atoms with Crippen molar-refractivity contribution in [3.8, 4) is 0 Å². The number of rotatable bonds is 5. The van der Waals surface area contributed by atoms with Gasteiger partial charge in [0.05, 0.1) is 11.5 Å². The number of hydrogen-bond donors (Lipinski definition) is 0. The molecule has 0 atom stereocenters. The zero-order valence-electron chi connectivity index (χ0n) is 10.4. The van der Waals surface area contributed by atoms with Gasteiger partial charge in [-0.3, -0.25) is 4.18 Å². The van der Waals surface area contributed by atoms with Crippen LogP contribution in [0.15, 0.2) is 53.4 Å². The Morgan fingerprint density at radius 1 is 0.900 bits per heavy atom. The largest absolute Gasteiger partial charge is 0.296 e. The lowest BCUT2D eigenvalue weighted by atomic mass is 10.1. The van der Waals surface area contributed by atoms with Crippen molar-refractivity contribution >= 4 is 10.1 Å². The van der Waals surface area contributed by atoms with Gasteiger partial charge in [0.1, 0.15) is 11.6 Å². The molecule has 0 saturated heterocycles. The summed E-state index contributed by atoms with van der Waals surface area (Å²) in [6, 6.07) is 11.1. The molecule has 0 N–H and O–H groups in total. The van der Waals surface area contributed by atoms with E-state index in [0.717, 1.165) is 12.1 Å². The molecule has 0 aromatic heterocycles. The molecule has 2 aromatic rings. The van der Waals surface area contributed by atoms with Gasteiger partial charge in [-0.2, -0.15) is 8.42 Å². The van der Waals surface area contributed by atoms with Crippen LogP contribution < -0.4 is 0 Å². The lowest BCUT2D eigenvalue weighted by molar-refractivity contribution is 0.318. The number of benzene rings is 2. The van der Waals surface area contributed by atoms with Crippen LogP contribution in [-0.4, -0.2) is 15.0 Å². The smallest absolute Gasteiger partial charge is 0.266 e. The van der Waals surface area contributed by atoms with Crippen LogP contribution in [0.3, 0.4) is 0 Å². The Labute approximate surface area is 115 Å².